The lowest BCUT2D eigenvalue weighted by atomic mass is 9.67. The highest BCUT2D eigenvalue weighted by Gasteiger charge is 2.38. The van der Waals surface area contributed by atoms with Crippen molar-refractivity contribution >= 4 is 0 Å². The van der Waals surface area contributed by atoms with Crippen molar-refractivity contribution in [3.05, 3.63) is 86.5 Å². The Labute approximate surface area is 329 Å². The number of phenolic OH excluding ortho intramolecular Hbond substituents is 3. The molecule has 0 saturated heterocycles. The van der Waals surface area contributed by atoms with Gasteiger partial charge in [0.2, 0.25) is 0 Å². The highest BCUT2D eigenvalue weighted by atomic mass is 16.3. The molecule has 3 nitrogen and oxygen atoms in total. The second-order valence-corrected chi connectivity index (χ2v) is 22.1. The van der Waals surface area contributed by atoms with E-state index in [-0.39, 0.29) is 32.5 Å². The largest absolute Gasteiger partial charge is 0.508 e. The van der Waals surface area contributed by atoms with Crippen LogP contribution in [0.15, 0.2) is 36.4 Å². The molecule has 0 aliphatic carbocycles. The maximum Gasteiger partial charge on any atom is 0.119 e. The number of phenols is 3. The van der Waals surface area contributed by atoms with Crippen LogP contribution in [0.1, 0.15) is 175 Å². The Morgan fingerprint density at radius 2 is 0.463 bits per heavy atom. The molecule has 4 aromatic rings. The van der Waals surface area contributed by atoms with Crippen molar-refractivity contribution in [3.63, 3.8) is 0 Å². The van der Waals surface area contributed by atoms with Crippen molar-refractivity contribution in [1.29, 1.82) is 0 Å². The van der Waals surface area contributed by atoms with Crippen molar-refractivity contribution in [2.24, 2.45) is 0 Å². The molecule has 0 saturated carbocycles. The molecule has 3 heteroatoms. The summed E-state index contributed by atoms with van der Waals surface area (Å²) in [6.45, 7) is 46.7. The van der Waals surface area contributed by atoms with Gasteiger partial charge < -0.3 is 15.3 Å². The van der Waals surface area contributed by atoms with E-state index >= 15 is 0 Å². The normalized spacial score (nSPS) is 13.5. The number of benzene rings is 4. The van der Waals surface area contributed by atoms with E-state index in [1.807, 2.05) is 18.2 Å². The van der Waals surface area contributed by atoms with Gasteiger partial charge in [-0.3, -0.25) is 0 Å². The first-order valence-electron chi connectivity index (χ1n) is 19.9. The minimum atomic E-state index is -0.388. The zero-order valence-electron chi connectivity index (χ0n) is 37.8. The van der Waals surface area contributed by atoms with Crippen LogP contribution in [0.25, 0.3) is 33.4 Å². The van der Waals surface area contributed by atoms with Gasteiger partial charge in [0.05, 0.1) is 0 Å². The fourth-order valence-corrected chi connectivity index (χ4v) is 9.05. The second-order valence-electron chi connectivity index (χ2n) is 22.1. The lowest BCUT2D eigenvalue weighted by molar-refractivity contribution is 0.445. The van der Waals surface area contributed by atoms with E-state index in [1.54, 1.807) is 0 Å². The van der Waals surface area contributed by atoms with Gasteiger partial charge in [-0.2, -0.15) is 0 Å². The quantitative estimate of drug-likeness (QED) is 0.197. The van der Waals surface area contributed by atoms with Crippen molar-refractivity contribution in [1.82, 2.24) is 0 Å². The van der Waals surface area contributed by atoms with Crippen LogP contribution in [0.2, 0.25) is 0 Å². The number of rotatable bonds is 3. The van der Waals surface area contributed by atoms with E-state index in [2.05, 4.69) is 164 Å². The van der Waals surface area contributed by atoms with Gasteiger partial charge in [0.1, 0.15) is 17.2 Å². The summed E-state index contributed by atoms with van der Waals surface area (Å²) in [7, 11) is 0. The predicted octanol–water partition coefficient (Wildman–Crippen LogP) is 14.5. The van der Waals surface area contributed by atoms with E-state index in [1.165, 1.54) is 16.7 Å². The summed E-state index contributed by atoms with van der Waals surface area (Å²) in [5.74, 6) is 0.873. The fraction of sp³-hybridized carbons (Fsp3) is 0.529. The average Bonchev–Trinajstić information content (AvgIpc) is 2.93. The van der Waals surface area contributed by atoms with Gasteiger partial charge in [-0.15, -0.1) is 0 Å². The molecule has 0 amide bonds. The Balaban J connectivity index is 2.62. The molecule has 0 spiro atoms. The Kier molecular flexibility index (Phi) is 10.7. The second kappa shape index (κ2) is 13.5. The Hall–Kier alpha value is -3.72. The molecule has 0 aliphatic rings. The molecule has 0 aromatic heterocycles. The molecule has 0 atom stereocenters. The molecule has 294 valence electrons. The lowest BCUT2D eigenvalue weighted by Gasteiger charge is -2.37. The Bertz CT molecular complexity index is 1840. The van der Waals surface area contributed by atoms with Crippen molar-refractivity contribution in [3.8, 4) is 50.6 Å². The van der Waals surface area contributed by atoms with Crippen molar-refractivity contribution in [2.45, 2.75) is 178 Å². The van der Waals surface area contributed by atoms with Crippen LogP contribution in [0.4, 0.5) is 0 Å². The molecule has 0 unspecified atom stereocenters. The topological polar surface area (TPSA) is 60.7 Å². The highest BCUT2D eigenvalue weighted by Crippen LogP contribution is 2.56. The van der Waals surface area contributed by atoms with Crippen LogP contribution < -0.4 is 0 Å². The predicted molar refractivity (Wildman–Crippen MR) is 234 cm³/mol. The summed E-state index contributed by atoms with van der Waals surface area (Å²) in [4.78, 5) is 0. The monoisotopic (exact) mass is 733 g/mol. The highest BCUT2D eigenvalue weighted by molar-refractivity contribution is 5.97. The molecule has 0 heterocycles. The maximum absolute atomic E-state index is 11.9. The molecule has 0 fully saturated rings. The first-order valence-corrected chi connectivity index (χ1v) is 19.9. The third-order valence-electron chi connectivity index (χ3n) is 11.2. The molecule has 4 rings (SSSR count). The summed E-state index contributed by atoms with van der Waals surface area (Å²) >= 11 is 0. The van der Waals surface area contributed by atoms with Crippen molar-refractivity contribution in [2.75, 3.05) is 0 Å². The van der Waals surface area contributed by atoms with Gasteiger partial charge >= 0.3 is 0 Å². The maximum atomic E-state index is 11.9. The zero-order valence-corrected chi connectivity index (χ0v) is 37.8. The van der Waals surface area contributed by atoms with Crippen LogP contribution in [-0.4, -0.2) is 15.3 Å². The third kappa shape index (κ3) is 7.59. The van der Waals surface area contributed by atoms with Crippen LogP contribution in [0.5, 0.6) is 17.2 Å². The van der Waals surface area contributed by atoms with E-state index in [0.29, 0.717) is 17.2 Å². The Morgan fingerprint density at radius 1 is 0.278 bits per heavy atom. The van der Waals surface area contributed by atoms with E-state index in [9.17, 15) is 15.3 Å². The van der Waals surface area contributed by atoms with Crippen LogP contribution in [0.3, 0.4) is 0 Å². The SMILES string of the molecule is Cc1c(-c2c(C(C)(C)C)ccc(O)c2C(C)(C)C)c(C)c(-c2c(C(C)(C)C)ccc(O)c2C(C)(C)C)c(C)c1-c1c(C(C)(C)C)ccc(O)c1C(C)(C)C. The number of hydrogen-bond acceptors (Lipinski definition) is 3. The summed E-state index contributed by atoms with van der Waals surface area (Å²) in [5, 5.41) is 35.7. The van der Waals surface area contributed by atoms with Gasteiger partial charge in [-0.25, -0.2) is 0 Å². The van der Waals surface area contributed by atoms with Gasteiger partial charge in [0, 0.05) is 16.7 Å². The molecule has 0 bridgehead atoms. The first kappa shape index (κ1) is 43.0. The van der Waals surface area contributed by atoms with Gasteiger partial charge in [-0.1, -0.05) is 143 Å². The van der Waals surface area contributed by atoms with E-state index in [0.717, 1.165) is 66.8 Å². The molecule has 3 N–H and O–H groups in total. The molecule has 0 radical (unpaired) electrons. The summed E-state index contributed by atoms with van der Waals surface area (Å²) in [6.07, 6.45) is 0. The molecule has 54 heavy (non-hydrogen) atoms. The lowest BCUT2D eigenvalue weighted by Crippen LogP contribution is -2.23. The third-order valence-corrected chi connectivity index (χ3v) is 11.2. The van der Waals surface area contributed by atoms with Crippen LogP contribution in [-0.2, 0) is 32.5 Å². The Morgan fingerprint density at radius 3 is 0.611 bits per heavy atom. The molecule has 0 aliphatic heterocycles. The van der Waals surface area contributed by atoms with Crippen molar-refractivity contribution < 1.29 is 15.3 Å². The smallest absolute Gasteiger partial charge is 0.119 e. The number of hydrogen-bond donors (Lipinski definition) is 3. The van der Waals surface area contributed by atoms with E-state index < -0.39 is 0 Å². The van der Waals surface area contributed by atoms with E-state index in [4.69, 9.17) is 0 Å². The summed E-state index contributed by atoms with van der Waals surface area (Å²) in [5.41, 5.74) is 14.2. The van der Waals surface area contributed by atoms with Gasteiger partial charge in [-0.05, 0) is 138 Å². The summed E-state index contributed by atoms with van der Waals surface area (Å²) in [6, 6.07) is 12.0. The molecule has 4 aromatic carbocycles. The molecular formula is C51H72O3. The first-order chi connectivity index (χ1) is 24.1. The van der Waals surface area contributed by atoms with Crippen LogP contribution >= 0.6 is 0 Å². The van der Waals surface area contributed by atoms with Gasteiger partial charge in [0.15, 0.2) is 0 Å². The minimum absolute atomic E-state index is 0.247. The number of aromatic hydroxyl groups is 3. The fourth-order valence-electron chi connectivity index (χ4n) is 9.05. The van der Waals surface area contributed by atoms with Crippen LogP contribution in [0, 0.1) is 20.8 Å². The average molecular weight is 733 g/mol. The summed E-state index contributed by atoms with van der Waals surface area (Å²) < 4.78 is 0. The minimum Gasteiger partial charge on any atom is -0.508 e. The zero-order chi connectivity index (χ0) is 41.6. The standard InChI is InChI=1S/C51H72O3/c1-28-37(40-31(46(4,5)6)22-25-34(52)43(40)49(13,14)15)29(2)39(42-33(48(10,11)12)24-27-36(54)45(42)51(19,20)21)30(3)38(28)41-32(47(7,8)9)23-26-35(53)44(41)50(16,17)18/h22-27,52-54H,1-21H3. The molecular weight excluding hydrogens is 661 g/mol. The van der Waals surface area contributed by atoms with Gasteiger partial charge in [0.25, 0.3) is 0 Å².